The van der Waals surface area contributed by atoms with Crippen LogP contribution in [0.4, 0.5) is 0 Å². The lowest BCUT2D eigenvalue weighted by atomic mass is 10.0. The van der Waals surface area contributed by atoms with Crippen LogP contribution in [0.5, 0.6) is 0 Å². The number of primary amides is 1. The molecule has 1 aliphatic heterocycles. The number of piperidine rings is 1. The van der Waals surface area contributed by atoms with E-state index in [1.165, 1.54) is 16.3 Å². The van der Waals surface area contributed by atoms with Gasteiger partial charge in [-0.15, -0.1) is 0 Å². The van der Waals surface area contributed by atoms with Crippen molar-refractivity contribution in [3.05, 3.63) is 48.0 Å². The van der Waals surface area contributed by atoms with Crippen LogP contribution >= 0.6 is 0 Å². The first-order valence-electron chi connectivity index (χ1n) is 7.69. The molecule has 3 heteroatoms. The summed E-state index contributed by atoms with van der Waals surface area (Å²) in [6.07, 6.45) is 1.11. The van der Waals surface area contributed by atoms with Crippen molar-refractivity contribution in [1.29, 1.82) is 0 Å². The number of nitrogens with two attached hydrogens (primary N) is 1. The van der Waals surface area contributed by atoms with Gasteiger partial charge in [0, 0.05) is 5.92 Å². The molecule has 2 aromatic rings. The maximum absolute atomic E-state index is 10.6. The Balaban J connectivity index is 0.000000131. The summed E-state index contributed by atoms with van der Waals surface area (Å²) in [5.41, 5.74) is 6.56. The van der Waals surface area contributed by atoms with E-state index in [-0.39, 0.29) is 11.8 Å². The predicted molar refractivity (Wildman–Crippen MR) is 85.9 cm³/mol. The van der Waals surface area contributed by atoms with Crippen LogP contribution in [-0.2, 0) is 11.2 Å². The Morgan fingerprint density at radius 2 is 1.81 bits per heavy atom. The van der Waals surface area contributed by atoms with Crippen molar-refractivity contribution in [1.82, 2.24) is 5.32 Å². The van der Waals surface area contributed by atoms with Gasteiger partial charge in [-0.1, -0.05) is 49.4 Å². The molecule has 1 saturated carbocycles. The second-order valence-electron chi connectivity index (χ2n) is 5.91. The normalized spacial score (nSPS) is 25.9. The Bertz CT molecular complexity index is 637. The van der Waals surface area contributed by atoms with Crippen molar-refractivity contribution in [2.45, 2.75) is 13.3 Å². The summed E-state index contributed by atoms with van der Waals surface area (Å²) in [6, 6.07) is 15.0. The molecule has 0 aromatic heterocycles. The number of aryl methyl sites for hydroxylation is 1. The van der Waals surface area contributed by atoms with E-state index in [0.717, 1.165) is 19.5 Å². The van der Waals surface area contributed by atoms with Crippen LogP contribution < -0.4 is 11.1 Å². The van der Waals surface area contributed by atoms with E-state index in [9.17, 15) is 4.79 Å². The molecule has 110 valence electrons. The van der Waals surface area contributed by atoms with Gasteiger partial charge in [0.2, 0.25) is 5.91 Å². The summed E-state index contributed by atoms with van der Waals surface area (Å²) in [5.74, 6) is 1.28. The lowest BCUT2D eigenvalue weighted by Crippen LogP contribution is -2.23. The smallest absolute Gasteiger partial charge is 0.221 e. The molecule has 1 saturated heterocycles. The van der Waals surface area contributed by atoms with E-state index >= 15 is 0 Å². The van der Waals surface area contributed by atoms with Crippen molar-refractivity contribution >= 4 is 16.7 Å². The molecule has 3 nitrogen and oxygen atoms in total. The molecule has 4 rings (SSSR count). The fourth-order valence-corrected chi connectivity index (χ4v) is 3.44. The minimum absolute atomic E-state index is 0.105. The van der Waals surface area contributed by atoms with Gasteiger partial charge >= 0.3 is 0 Å². The molecule has 2 unspecified atom stereocenters. The van der Waals surface area contributed by atoms with Gasteiger partial charge < -0.3 is 11.1 Å². The molecule has 0 spiro atoms. The van der Waals surface area contributed by atoms with Crippen LogP contribution in [0.15, 0.2) is 42.5 Å². The molecule has 3 N–H and O–H groups in total. The van der Waals surface area contributed by atoms with E-state index in [1.54, 1.807) is 0 Å². The van der Waals surface area contributed by atoms with E-state index in [1.807, 2.05) is 0 Å². The zero-order valence-corrected chi connectivity index (χ0v) is 12.4. The van der Waals surface area contributed by atoms with Gasteiger partial charge in [0.15, 0.2) is 0 Å². The molecule has 1 aliphatic carbocycles. The monoisotopic (exact) mass is 282 g/mol. The number of hydrogen-bond donors (Lipinski definition) is 2. The summed E-state index contributed by atoms with van der Waals surface area (Å²) in [4.78, 5) is 10.6. The van der Waals surface area contributed by atoms with Crippen molar-refractivity contribution in [3.63, 3.8) is 0 Å². The fraction of sp³-hybridized carbons (Fsp3) is 0.389. The van der Waals surface area contributed by atoms with Crippen LogP contribution in [0.2, 0.25) is 0 Å². The highest BCUT2D eigenvalue weighted by molar-refractivity contribution is 5.85. The third kappa shape index (κ3) is 2.79. The highest BCUT2D eigenvalue weighted by Gasteiger charge is 2.55. The predicted octanol–water partition coefficient (Wildman–Crippen LogP) is 2.34. The van der Waals surface area contributed by atoms with Crippen molar-refractivity contribution in [2.24, 2.45) is 23.5 Å². The SMILES string of the molecule is CCc1cccc2ccccc12.NC(=O)C1C2CNCC21. The zero-order chi connectivity index (χ0) is 14.8. The minimum atomic E-state index is -0.105. The number of amides is 1. The average Bonchev–Trinajstić information content (AvgIpc) is 3.02. The Kier molecular flexibility index (Phi) is 3.93. The summed E-state index contributed by atoms with van der Waals surface area (Å²) in [6.45, 7) is 4.19. The number of carbonyl (C=O) groups is 1. The second kappa shape index (κ2) is 5.86. The van der Waals surface area contributed by atoms with Gasteiger partial charge in [-0.05, 0) is 47.7 Å². The maximum atomic E-state index is 10.6. The molecule has 0 radical (unpaired) electrons. The number of fused-ring (bicyclic) bond motifs is 2. The van der Waals surface area contributed by atoms with E-state index in [0.29, 0.717) is 11.8 Å². The van der Waals surface area contributed by atoms with Crippen LogP contribution in [0.1, 0.15) is 12.5 Å². The van der Waals surface area contributed by atoms with E-state index in [2.05, 4.69) is 54.7 Å². The van der Waals surface area contributed by atoms with Gasteiger partial charge in [0.05, 0.1) is 0 Å². The van der Waals surface area contributed by atoms with E-state index < -0.39 is 0 Å². The molecular formula is C18H22N2O. The molecule has 2 atom stereocenters. The maximum Gasteiger partial charge on any atom is 0.221 e. The third-order valence-corrected chi connectivity index (χ3v) is 4.68. The van der Waals surface area contributed by atoms with Gasteiger partial charge in [0.25, 0.3) is 0 Å². The molecular weight excluding hydrogens is 260 g/mol. The van der Waals surface area contributed by atoms with Crippen molar-refractivity contribution in [2.75, 3.05) is 13.1 Å². The number of nitrogens with one attached hydrogen (secondary N) is 1. The van der Waals surface area contributed by atoms with Crippen molar-refractivity contribution < 1.29 is 4.79 Å². The summed E-state index contributed by atoms with van der Waals surface area (Å²) in [7, 11) is 0. The summed E-state index contributed by atoms with van der Waals surface area (Å²) < 4.78 is 0. The molecule has 2 aromatic carbocycles. The first-order valence-corrected chi connectivity index (χ1v) is 7.69. The highest BCUT2D eigenvalue weighted by atomic mass is 16.1. The Labute approximate surface area is 125 Å². The number of hydrogen-bond acceptors (Lipinski definition) is 2. The molecule has 21 heavy (non-hydrogen) atoms. The topological polar surface area (TPSA) is 55.1 Å². The Morgan fingerprint density at radius 3 is 2.43 bits per heavy atom. The Morgan fingerprint density at radius 1 is 1.14 bits per heavy atom. The lowest BCUT2D eigenvalue weighted by Gasteiger charge is -2.02. The molecule has 0 bridgehead atoms. The highest BCUT2D eigenvalue weighted by Crippen LogP contribution is 2.48. The first kappa shape index (κ1) is 14.1. The molecule has 1 heterocycles. The zero-order valence-electron chi connectivity index (χ0n) is 12.4. The van der Waals surface area contributed by atoms with Gasteiger partial charge in [-0.25, -0.2) is 0 Å². The number of carbonyl (C=O) groups excluding carboxylic acids is 1. The van der Waals surface area contributed by atoms with Gasteiger partial charge in [-0.3, -0.25) is 4.79 Å². The van der Waals surface area contributed by atoms with Crippen LogP contribution in [-0.4, -0.2) is 19.0 Å². The largest absolute Gasteiger partial charge is 0.369 e. The average molecular weight is 282 g/mol. The molecule has 1 amide bonds. The molecule has 2 aliphatic rings. The second-order valence-corrected chi connectivity index (χ2v) is 5.91. The molecule has 2 fully saturated rings. The van der Waals surface area contributed by atoms with Gasteiger partial charge in [-0.2, -0.15) is 0 Å². The van der Waals surface area contributed by atoms with Gasteiger partial charge in [0.1, 0.15) is 0 Å². The van der Waals surface area contributed by atoms with Crippen LogP contribution in [0.3, 0.4) is 0 Å². The lowest BCUT2D eigenvalue weighted by molar-refractivity contribution is -0.119. The van der Waals surface area contributed by atoms with E-state index in [4.69, 9.17) is 5.73 Å². The Hall–Kier alpha value is -1.87. The minimum Gasteiger partial charge on any atom is -0.369 e. The standard InChI is InChI=1S/C12H12.C6H10N2O/c1-2-10-7-5-8-11-6-3-4-9-12(10)11;7-6(9)5-3-1-8-2-4(3)5/h3-9H,2H2,1H3;3-5,8H,1-2H2,(H2,7,9). The quantitative estimate of drug-likeness (QED) is 0.888. The first-order chi connectivity index (χ1) is 10.2. The number of benzene rings is 2. The third-order valence-electron chi connectivity index (χ3n) is 4.68. The fourth-order valence-electron chi connectivity index (χ4n) is 3.44. The van der Waals surface area contributed by atoms with Crippen LogP contribution in [0.25, 0.3) is 10.8 Å². The van der Waals surface area contributed by atoms with Crippen LogP contribution in [0, 0.1) is 17.8 Å². The summed E-state index contributed by atoms with van der Waals surface area (Å²) in [5, 5.41) is 5.93. The van der Waals surface area contributed by atoms with Crippen molar-refractivity contribution in [3.8, 4) is 0 Å². The summed E-state index contributed by atoms with van der Waals surface area (Å²) >= 11 is 0. The number of rotatable bonds is 2.